The van der Waals surface area contributed by atoms with Crippen LogP contribution in [-0.2, 0) is 22.6 Å². The van der Waals surface area contributed by atoms with Crippen LogP contribution in [0.1, 0.15) is 46.0 Å². The van der Waals surface area contributed by atoms with Gasteiger partial charge in [0.2, 0.25) is 0 Å². The summed E-state index contributed by atoms with van der Waals surface area (Å²) in [6.07, 6.45) is 2.41. The lowest BCUT2D eigenvalue weighted by atomic mass is 10.00. The third-order valence-electron chi connectivity index (χ3n) is 6.87. The minimum atomic E-state index is -0.676. The Morgan fingerprint density at radius 1 is 0.951 bits per heavy atom. The number of halogens is 2. The Morgan fingerprint density at radius 2 is 1.68 bits per heavy atom. The number of fused-ring (bicyclic) bond motifs is 1. The van der Waals surface area contributed by atoms with E-state index in [9.17, 15) is 9.90 Å². The fraction of sp³-hybridized carbons (Fsp3) is 0.200. The third-order valence-corrected chi connectivity index (χ3v) is 7.64. The van der Waals surface area contributed by atoms with Gasteiger partial charge in [-0.25, -0.2) is 9.97 Å². The average Bonchev–Trinajstić information content (AvgIpc) is 3.33. The van der Waals surface area contributed by atoms with E-state index in [4.69, 9.17) is 32.7 Å². The molecule has 2 aromatic heterocycles. The van der Waals surface area contributed by atoms with E-state index in [0.717, 1.165) is 22.2 Å². The van der Waals surface area contributed by atoms with E-state index >= 15 is 0 Å². The van der Waals surface area contributed by atoms with Gasteiger partial charge in [-0.1, -0.05) is 71.7 Å². The molecule has 1 fully saturated rings. The van der Waals surface area contributed by atoms with Gasteiger partial charge in [0.1, 0.15) is 10.8 Å². The van der Waals surface area contributed by atoms with E-state index in [-0.39, 0.29) is 35.6 Å². The minimum absolute atomic E-state index is 0.0314. The number of carbonyl (C=O) groups excluding carboxylic acids is 1. The van der Waals surface area contributed by atoms with Gasteiger partial charge in [-0.15, -0.1) is 0 Å². The van der Waals surface area contributed by atoms with Crippen molar-refractivity contribution in [3.05, 3.63) is 118 Å². The summed E-state index contributed by atoms with van der Waals surface area (Å²) >= 11 is 12.4. The molecule has 0 spiro atoms. The minimum Gasteiger partial charge on any atom is -0.392 e. The van der Waals surface area contributed by atoms with Crippen molar-refractivity contribution in [3.8, 4) is 0 Å². The molecule has 1 aliphatic rings. The smallest absolute Gasteiger partial charge is 0.275 e. The van der Waals surface area contributed by atoms with E-state index in [2.05, 4.69) is 20.3 Å². The number of imidazole rings is 1. The molecule has 1 amide bonds. The zero-order chi connectivity index (χ0) is 28.3. The van der Waals surface area contributed by atoms with Crippen molar-refractivity contribution in [3.63, 3.8) is 0 Å². The SMILES string of the molecule is O=C(Nc1ccc([C@H]2O[C@@H](Cn3cnc(Cl)c3Cl)C[C@@H](c3ccc(CO)cc3)O2)cc1)c1cnc2ccccc2n1. The Bertz CT molecular complexity index is 1680. The highest BCUT2D eigenvalue weighted by molar-refractivity contribution is 6.40. The van der Waals surface area contributed by atoms with Gasteiger partial charge in [0.15, 0.2) is 11.4 Å². The van der Waals surface area contributed by atoms with Gasteiger partial charge in [-0.05, 0) is 35.4 Å². The molecule has 0 aliphatic carbocycles. The largest absolute Gasteiger partial charge is 0.392 e. The van der Waals surface area contributed by atoms with Gasteiger partial charge in [0.25, 0.3) is 5.91 Å². The zero-order valence-corrected chi connectivity index (χ0v) is 23.2. The average molecular weight is 590 g/mol. The molecule has 208 valence electrons. The number of anilines is 1. The summed E-state index contributed by atoms with van der Waals surface area (Å²) in [5.41, 5.74) is 4.76. The lowest BCUT2D eigenvalue weighted by Crippen LogP contribution is -2.32. The second kappa shape index (κ2) is 11.9. The van der Waals surface area contributed by atoms with E-state index in [1.165, 1.54) is 6.20 Å². The normalized spacial score (nSPS) is 18.9. The monoisotopic (exact) mass is 589 g/mol. The van der Waals surface area contributed by atoms with Gasteiger partial charge in [0, 0.05) is 17.7 Å². The quantitative estimate of drug-likeness (QED) is 0.235. The Kier molecular flexibility index (Phi) is 7.95. The number of rotatable bonds is 7. The number of nitrogens with zero attached hydrogens (tertiary/aromatic N) is 4. The summed E-state index contributed by atoms with van der Waals surface area (Å²) < 4.78 is 14.5. The van der Waals surface area contributed by atoms with Crippen LogP contribution in [0.3, 0.4) is 0 Å². The number of para-hydroxylation sites is 2. The fourth-order valence-corrected chi connectivity index (χ4v) is 5.02. The number of nitrogens with one attached hydrogen (secondary N) is 1. The number of carbonyl (C=O) groups is 1. The highest BCUT2D eigenvalue weighted by Crippen LogP contribution is 2.39. The van der Waals surface area contributed by atoms with E-state index in [1.54, 1.807) is 23.0 Å². The number of aliphatic hydroxyl groups excluding tert-OH is 1. The van der Waals surface area contributed by atoms with Crippen molar-refractivity contribution < 1.29 is 19.4 Å². The summed E-state index contributed by atoms with van der Waals surface area (Å²) in [5.74, 6) is -0.358. The highest BCUT2D eigenvalue weighted by atomic mass is 35.5. The van der Waals surface area contributed by atoms with Crippen molar-refractivity contribution in [2.45, 2.75) is 38.1 Å². The van der Waals surface area contributed by atoms with Crippen LogP contribution in [0, 0.1) is 0 Å². The lowest BCUT2D eigenvalue weighted by Gasteiger charge is -2.36. The predicted molar refractivity (Wildman–Crippen MR) is 155 cm³/mol. The second-order valence-electron chi connectivity index (χ2n) is 9.65. The summed E-state index contributed by atoms with van der Waals surface area (Å²) in [7, 11) is 0. The molecule has 11 heteroatoms. The maximum Gasteiger partial charge on any atom is 0.275 e. The Labute approximate surface area is 245 Å². The Morgan fingerprint density at radius 3 is 2.39 bits per heavy atom. The van der Waals surface area contributed by atoms with Gasteiger partial charge >= 0.3 is 0 Å². The molecule has 9 nitrogen and oxygen atoms in total. The van der Waals surface area contributed by atoms with E-state index < -0.39 is 6.29 Å². The second-order valence-corrected chi connectivity index (χ2v) is 10.4. The van der Waals surface area contributed by atoms with Crippen LogP contribution in [0.4, 0.5) is 5.69 Å². The number of hydrogen-bond donors (Lipinski definition) is 2. The van der Waals surface area contributed by atoms with Crippen molar-refractivity contribution in [1.82, 2.24) is 19.5 Å². The van der Waals surface area contributed by atoms with Crippen molar-refractivity contribution >= 4 is 45.8 Å². The summed E-state index contributed by atoms with van der Waals surface area (Å²) in [5, 5.41) is 12.9. The van der Waals surface area contributed by atoms with Gasteiger partial charge in [-0.3, -0.25) is 9.78 Å². The first-order chi connectivity index (χ1) is 20.0. The number of benzene rings is 3. The molecule has 3 atom stereocenters. The summed E-state index contributed by atoms with van der Waals surface area (Å²) in [4.78, 5) is 25.6. The number of ether oxygens (including phenoxy) is 2. The lowest BCUT2D eigenvalue weighted by molar-refractivity contribution is -0.252. The van der Waals surface area contributed by atoms with Crippen LogP contribution in [0.25, 0.3) is 11.0 Å². The van der Waals surface area contributed by atoms with Crippen LogP contribution < -0.4 is 5.32 Å². The molecule has 41 heavy (non-hydrogen) atoms. The van der Waals surface area contributed by atoms with Crippen molar-refractivity contribution in [2.75, 3.05) is 5.32 Å². The first-order valence-electron chi connectivity index (χ1n) is 13.0. The molecule has 2 N–H and O–H groups in total. The number of hydrogen-bond acceptors (Lipinski definition) is 7. The van der Waals surface area contributed by atoms with Crippen molar-refractivity contribution in [2.24, 2.45) is 0 Å². The molecule has 1 saturated heterocycles. The first-order valence-corrected chi connectivity index (χ1v) is 13.7. The maximum absolute atomic E-state index is 12.8. The number of amides is 1. The first kappa shape index (κ1) is 27.3. The van der Waals surface area contributed by atoms with E-state index in [0.29, 0.717) is 29.3 Å². The Balaban J connectivity index is 1.20. The molecule has 0 unspecified atom stereocenters. The predicted octanol–water partition coefficient (Wildman–Crippen LogP) is 6.12. The molecular weight excluding hydrogens is 565 g/mol. The topological polar surface area (TPSA) is 111 Å². The van der Waals surface area contributed by atoms with E-state index in [1.807, 2.05) is 60.7 Å². The van der Waals surface area contributed by atoms with Crippen molar-refractivity contribution in [1.29, 1.82) is 0 Å². The standard InChI is InChI=1S/C30H25Cl2N5O4/c31-27-28(32)37(17-34-27)15-22-13-26(19-7-5-18(16-38)6-8-19)41-30(40-22)20-9-11-21(12-10-20)35-29(39)25-14-33-23-3-1-2-4-24(23)36-25/h1-12,14,17,22,26,30,38H,13,15-16H2,(H,35,39)/t22-,26+,30+/m1/s1. The molecule has 1 aliphatic heterocycles. The van der Waals surface area contributed by atoms with Crippen LogP contribution in [0.5, 0.6) is 0 Å². The fourth-order valence-electron chi connectivity index (χ4n) is 4.71. The van der Waals surface area contributed by atoms with Crippen LogP contribution in [0.15, 0.2) is 85.3 Å². The van der Waals surface area contributed by atoms with Gasteiger partial charge in [-0.2, -0.15) is 0 Å². The van der Waals surface area contributed by atoms with Gasteiger partial charge < -0.3 is 24.5 Å². The van der Waals surface area contributed by atoms with Crippen LogP contribution in [-0.4, -0.2) is 36.6 Å². The number of aliphatic hydroxyl groups is 1. The molecule has 0 radical (unpaired) electrons. The van der Waals surface area contributed by atoms with Gasteiger partial charge in [0.05, 0.1) is 48.9 Å². The Hall–Kier alpha value is -3.86. The van der Waals surface area contributed by atoms with Crippen LogP contribution >= 0.6 is 23.2 Å². The molecule has 6 rings (SSSR count). The number of aromatic nitrogens is 4. The molecule has 3 aromatic carbocycles. The molecular formula is C30H25Cl2N5O4. The van der Waals surface area contributed by atoms with Crippen LogP contribution in [0.2, 0.25) is 10.3 Å². The maximum atomic E-state index is 12.8. The molecule has 5 aromatic rings. The highest BCUT2D eigenvalue weighted by Gasteiger charge is 2.33. The third kappa shape index (κ3) is 6.09. The zero-order valence-electron chi connectivity index (χ0n) is 21.7. The molecule has 0 saturated carbocycles. The molecule has 0 bridgehead atoms. The molecule has 3 heterocycles. The summed E-state index contributed by atoms with van der Waals surface area (Å²) in [6, 6.07) is 22.3. The summed E-state index contributed by atoms with van der Waals surface area (Å²) in [6.45, 7) is 0.404.